The zero-order valence-corrected chi connectivity index (χ0v) is 68.8. The molecule has 548 valence electrons. The van der Waals surface area contributed by atoms with Crippen molar-refractivity contribution >= 4 is 145 Å². The van der Waals surface area contributed by atoms with Crippen LogP contribution in [0, 0.1) is 13.8 Å². The first-order chi connectivity index (χ1) is 51.2. The van der Waals surface area contributed by atoms with E-state index < -0.39 is 0 Å². The van der Waals surface area contributed by atoms with E-state index in [2.05, 4.69) is 163 Å². The molecule has 10 aromatic heterocycles. The molecule has 0 aliphatic heterocycles. The molecule has 0 aliphatic rings. The number of aryl methyl sites for hydroxylation is 2. The average Bonchev–Trinajstić information content (AvgIpc) is 1.62. The molecule has 0 unspecified atom stereocenters. The maximum Gasteiger partial charge on any atom is 0.114 e. The van der Waals surface area contributed by atoms with E-state index >= 15 is 0 Å². The highest BCUT2D eigenvalue weighted by Crippen LogP contribution is 2.52. The van der Waals surface area contributed by atoms with Gasteiger partial charge in [-0.05, 0) is 190 Å². The number of rotatable bonds is 45. The Morgan fingerprint density at radius 2 is 0.615 bits per heavy atom. The van der Waals surface area contributed by atoms with Gasteiger partial charge in [-0.25, -0.2) is 0 Å². The van der Waals surface area contributed by atoms with E-state index in [1.54, 1.807) is 0 Å². The van der Waals surface area contributed by atoms with Crippen LogP contribution in [-0.4, -0.2) is 114 Å². The quantitative estimate of drug-likeness (QED) is 0.0343. The molecule has 0 fully saturated rings. The van der Waals surface area contributed by atoms with Crippen molar-refractivity contribution in [1.82, 2.24) is 8.75 Å². The minimum absolute atomic E-state index is 0.572. The number of benzene rings is 3. The van der Waals surface area contributed by atoms with E-state index in [-0.39, 0.29) is 0 Å². The van der Waals surface area contributed by atoms with Crippen LogP contribution in [0.5, 0.6) is 0 Å². The van der Waals surface area contributed by atoms with E-state index in [9.17, 15) is 0 Å². The summed E-state index contributed by atoms with van der Waals surface area (Å²) in [6.07, 6.45) is 12.1. The Morgan fingerprint density at radius 3 is 1.02 bits per heavy atom. The lowest BCUT2D eigenvalue weighted by Crippen LogP contribution is -2.07. The highest BCUT2D eigenvalue weighted by Gasteiger charge is 2.25. The van der Waals surface area contributed by atoms with Crippen LogP contribution < -0.4 is 0 Å². The molecule has 10 nitrogen and oxygen atoms in total. The Morgan fingerprint density at radius 1 is 0.279 bits per heavy atom. The Hall–Kier alpha value is -5.02. The topological polar surface area (TPSA) is 99.6 Å². The largest absolute Gasteiger partial charge is 0.379 e. The molecule has 13 rings (SSSR count). The number of fused-ring (bicyclic) bond motifs is 4. The van der Waals surface area contributed by atoms with Gasteiger partial charge < -0.3 is 37.9 Å². The number of unbranched alkanes of at least 4 members (excludes halogenated alkanes) is 4. The summed E-state index contributed by atoms with van der Waals surface area (Å²) in [7, 11) is 0. The fourth-order valence-corrected chi connectivity index (χ4v) is 23.7. The van der Waals surface area contributed by atoms with Crippen LogP contribution in [0.4, 0.5) is 0 Å². The standard InChI is InChI=1S/C84H94N2O8S10/c1-7-11-33-87-41-45-91-37-29-58-50-56(6)95-81(58)72-25-21-68(97-72)69-23-27-74(99-69)83-60(31-39-93-47-43-89-35-13-9-3)53-77(102-83)62-17-18-63(80-79(62)85-104-86-80)78-54-61(32-40-94-48-44-90-36-14-10-4)84(103-78)75-28-24-71(100-75)70-22-26-73(98-70)82-59(30-38-92-46-42-88-34-12-8-2)52-76(101-82)57-16-20-67-65(51-57)64-49-55(5)15-19-66(64)96-67/h15-28,49-54H,7-14,29-48H2,1-6H3. The first kappa shape index (κ1) is 77.1. The van der Waals surface area contributed by atoms with Crippen molar-refractivity contribution in [3.63, 3.8) is 0 Å². The van der Waals surface area contributed by atoms with E-state index in [0.29, 0.717) is 79.3 Å². The Bertz CT molecular complexity index is 4810. The SMILES string of the molecule is CCCCOCCOCCc1cc(C)sc1-c1ccc(-c2ccc(-c3sc(-c4ccc(-c5cc(CCOCCOCCCC)c(-c6ccc(-c7ccc(-c8sc(-c9ccc%10sc%11ccc(C)cc%11c%10c9)cc8CCOCCOCCCC)s7)s6)s5)c5nsnc45)cc3CCOCCOCCCC)s2)s1. The summed E-state index contributed by atoms with van der Waals surface area (Å²) in [6, 6.07) is 46.5. The number of hydrogen-bond donors (Lipinski definition) is 0. The van der Waals surface area contributed by atoms with Crippen molar-refractivity contribution in [3.05, 3.63) is 154 Å². The third-order valence-electron chi connectivity index (χ3n) is 18.1. The summed E-state index contributed by atoms with van der Waals surface area (Å²) in [6.45, 7) is 23.7. The van der Waals surface area contributed by atoms with Crippen molar-refractivity contribution < 1.29 is 37.9 Å². The van der Waals surface area contributed by atoms with Gasteiger partial charge in [0.25, 0.3) is 0 Å². The van der Waals surface area contributed by atoms with Gasteiger partial charge in [0.05, 0.1) is 91.0 Å². The number of aromatic nitrogens is 2. The lowest BCUT2D eigenvalue weighted by atomic mass is 10.0. The molecule has 0 N–H and O–H groups in total. The summed E-state index contributed by atoms with van der Waals surface area (Å²) in [5, 5.41) is 2.66. The van der Waals surface area contributed by atoms with Gasteiger partial charge in [-0.3, -0.25) is 0 Å². The van der Waals surface area contributed by atoms with Crippen molar-refractivity contribution in [1.29, 1.82) is 0 Å². The molecular weight excluding hydrogens is 1490 g/mol. The van der Waals surface area contributed by atoms with Crippen molar-refractivity contribution in [3.8, 4) is 89.8 Å². The van der Waals surface area contributed by atoms with Gasteiger partial charge in [-0.2, -0.15) is 8.75 Å². The first-order valence-corrected chi connectivity index (χ1v) is 45.0. The first-order valence-electron chi connectivity index (χ1n) is 36.9. The monoisotopic (exact) mass is 1580 g/mol. The van der Waals surface area contributed by atoms with Crippen LogP contribution in [0.25, 0.3) is 121 Å². The fourth-order valence-electron chi connectivity index (χ4n) is 12.5. The summed E-state index contributed by atoms with van der Waals surface area (Å²) < 4.78 is 61.1. The summed E-state index contributed by atoms with van der Waals surface area (Å²) in [5.74, 6) is 0. The molecule has 0 atom stereocenters. The highest BCUT2D eigenvalue weighted by atomic mass is 32.1. The van der Waals surface area contributed by atoms with Crippen LogP contribution in [0.3, 0.4) is 0 Å². The van der Waals surface area contributed by atoms with Gasteiger partial charge in [-0.15, -0.1) is 102 Å². The maximum atomic E-state index is 6.30. The van der Waals surface area contributed by atoms with Crippen LogP contribution in [0.2, 0.25) is 0 Å². The Balaban J connectivity index is 0.765. The van der Waals surface area contributed by atoms with Gasteiger partial charge in [0, 0.05) is 136 Å². The maximum absolute atomic E-state index is 6.30. The van der Waals surface area contributed by atoms with Crippen LogP contribution in [0.15, 0.2) is 121 Å². The molecule has 20 heteroatoms. The van der Waals surface area contributed by atoms with E-state index in [4.69, 9.17) is 46.6 Å². The van der Waals surface area contributed by atoms with Gasteiger partial charge in [0.15, 0.2) is 0 Å². The second-order valence-electron chi connectivity index (χ2n) is 26.0. The second kappa shape index (κ2) is 39.4. The predicted octanol–water partition coefficient (Wildman–Crippen LogP) is 25.7. The van der Waals surface area contributed by atoms with Crippen LogP contribution in [0.1, 0.15) is 112 Å². The highest BCUT2D eigenvalue weighted by molar-refractivity contribution is 7.30. The van der Waals surface area contributed by atoms with Crippen LogP contribution >= 0.6 is 114 Å². The molecule has 3 aromatic carbocycles. The molecule has 104 heavy (non-hydrogen) atoms. The number of nitrogens with zero attached hydrogens (tertiary/aromatic N) is 2. The van der Waals surface area contributed by atoms with Crippen LogP contribution in [-0.2, 0) is 63.6 Å². The Labute approximate surface area is 653 Å². The third-order valence-corrected chi connectivity index (χ3v) is 30.0. The molecule has 0 saturated carbocycles. The second-order valence-corrected chi connectivity index (χ2v) is 36.4. The lowest BCUT2D eigenvalue weighted by Gasteiger charge is -2.06. The third kappa shape index (κ3) is 19.9. The lowest BCUT2D eigenvalue weighted by molar-refractivity contribution is 0.0479. The number of hydrogen-bond acceptors (Lipinski definition) is 20. The molecule has 0 spiro atoms. The van der Waals surface area contributed by atoms with Gasteiger partial charge in [0.1, 0.15) is 11.0 Å². The van der Waals surface area contributed by atoms with Crippen molar-refractivity contribution in [2.45, 2.75) is 119 Å². The fraction of sp³-hybridized carbons (Fsp3) is 0.405. The summed E-state index contributed by atoms with van der Waals surface area (Å²) in [5.41, 5.74) is 11.8. The molecule has 13 aromatic rings. The van der Waals surface area contributed by atoms with Gasteiger partial charge in [-0.1, -0.05) is 83.2 Å². The molecule has 0 radical (unpaired) electrons. The van der Waals surface area contributed by atoms with E-state index in [1.807, 2.05) is 102 Å². The minimum Gasteiger partial charge on any atom is -0.379 e. The summed E-state index contributed by atoms with van der Waals surface area (Å²) in [4.78, 5) is 20.3. The molecule has 0 aliphatic carbocycles. The smallest absolute Gasteiger partial charge is 0.114 e. The van der Waals surface area contributed by atoms with E-state index in [0.717, 1.165) is 126 Å². The summed E-state index contributed by atoms with van der Waals surface area (Å²) >= 11 is 18.2. The predicted molar refractivity (Wildman–Crippen MR) is 453 cm³/mol. The van der Waals surface area contributed by atoms with Crippen molar-refractivity contribution in [2.24, 2.45) is 0 Å². The van der Waals surface area contributed by atoms with Gasteiger partial charge in [0.2, 0.25) is 0 Å². The molecule has 10 heterocycles. The van der Waals surface area contributed by atoms with E-state index in [1.165, 1.54) is 143 Å². The molecule has 0 amide bonds. The Kier molecular flexibility index (Phi) is 29.2. The normalized spacial score (nSPS) is 12.0. The average molecular weight is 1580 g/mol. The van der Waals surface area contributed by atoms with Gasteiger partial charge >= 0.3 is 0 Å². The molecule has 0 bridgehead atoms. The number of thiophene rings is 9. The molecule has 0 saturated heterocycles. The molecular formula is C84H94N2O8S10. The zero-order valence-electron chi connectivity index (χ0n) is 60.6. The zero-order chi connectivity index (χ0) is 71.4. The minimum atomic E-state index is 0.572. The number of ether oxygens (including phenoxy) is 8. The van der Waals surface area contributed by atoms with Crippen molar-refractivity contribution in [2.75, 3.05) is 106 Å².